The highest BCUT2D eigenvalue weighted by atomic mass is 16.4. The van der Waals surface area contributed by atoms with Crippen LogP contribution in [0.3, 0.4) is 0 Å². The Bertz CT molecular complexity index is 740. The fourth-order valence-corrected chi connectivity index (χ4v) is 2.58. The maximum atomic E-state index is 12.7. The number of hydrogen-bond acceptors (Lipinski definition) is 3. The number of hydrogen-bond donors (Lipinski definition) is 1. The molecule has 0 unspecified atom stereocenters. The van der Waals surface area contributed by atoms with Gasteiger partial charge in [0.15, 0.2) is 0 Å². The highest BCUT2D eigenvalue weighted by molar-refractivity contribution is 6.08. The highest BCUT2D eigenvalue weighted by Gasteiger charge is 2.27. The van der Waals surface area contributed by atoms with Crippen LogP contribution >= 0.6 is 0 Å². The van der Waals surface area contributed by atoms with Crippen molar-refractivity contribution >= 4 is 17.6 Å². The van der Waals surface area contributed by atoms with Gasteiger partial charge in [0.1, 0.15) is 0 Å². The maximum absolute atomic E-state index is 12.7. The molecule has 1 aromatic heterocycles. The molecular formula is C16H14N2O3. The van der Waals surface area contributed by atoms with Gasteiger partial charge in [-0.2, -0.15) is 0 Å². The molecule has 3 rings (SSSR count). The molecule has 5 heteroatoms. The molecule has 21 heavy (non-hydrogen) atoms. The van der Waals surface area contributed by atoms with Crippen LogP contribution in [0.25, 0.3) is 0 Å². The van der Waals surface area contributed by atoms with Crippen molar-refractivity contribution in [1.82, 2.24) is 4.98 Å². The molecule has 106 valence electrons. The number of carbonyl (C=O) groups is 2. The van der Waals surface area contributed by atoms with Crippen molar-refractivity contribution in [3.8, 4) is 0 Å². The van der Waals surface area contributed by atoms with Crippen molar-refractivity contribution < 1.29 is 14.7 Å². The lowest BCUT2D eigenvalue weighted by molar-refractivity contribution is 0.0696. The first-order chi connectivity index (χ1) is 10.1. The Morgan fingerprint density at radius 3 is 2.81 bits per heavy atom. The second-order valence-corrected chi connectivity index (χ2v) is 4.99. The molecule has 2 aromatic rings. The Balaban J connectivity index is 2.01. The van der Waals surface area contributed by atoms with Crippen LogP contribution < -0.4 is 4.90 Å². The van der Waals surface area contributed by atoms with Gasteiger partial charge in [-0.25, -0.2) is 4.79 Å². The molecule has 0 atom stereocenters. The van der Waals surface area contributed by atoms with Crippen molar-refractivity contribution in [3.63, 3.8) is 0 Å². The number of aryl methyl sites for hydroxylation is 1. The number of pyridine rings is 1. The first-order valence-corrected chi connectivity index (χ1v) is 6.67. The first kappa shape index (κ1) is 13.3. The summed E-state index contributed by atoms with van der Waals surface area (Å²) < 4.78 is 0. The molecule has 0 aliphatic carbocycles. The van der Waals surface area contributed by atoms with E-state index >= 15 is 0 Å². The average Bonchev–Trinajstić information content (AvgIpc) is 2.90. The van der Waals surface area contributed by atoms with Crippen LogP contribution in [0.2, 0.25) is 0 Å². The molecule has 5 nitrogen and oxygen atoms in total. The van der Waals surface area contributed by atoms with Crippen LogP contribution in [0, 0.1) is 6.92 Å². The Hall–Kier alpha value is -2.69. The van der Waals surface area contributed by atoms with E-state index in [2.05, 4.69) is 4.98 Å². The lowest BCUT2D eigenvalue weighted by Crippen LogP contribution is -2.29. The Kier molecular flexibility index (Phi) is 3.17. The molecule has 0 fully saturated rings. The smallest absolute Gasteiger partial charge is 0.335 e. The second-order valence-electron chi connectivity index (χ2n) is 4.99. The molecular weight excluding hydrogens is 268 g/mol. The number of fused-ring (bicyclic) bond motifs is 1. The van der Waals surface area contributed by atoms with E-state index in [4.69, 9.17) is 5.11 Å². The summed E-state index contributed by atoms with van der Waals surface area (Å²) in [5, 5.41) is 9.09. The summed E-state index contributed by atoms with van der Waals surface area (Å²) in [7, 11) is 0. The number of anilines is 1. The highest BCUT2D eigenvalue weighted by Crippen LogP contribution is 2.30. The molecule has 2 heterocycles. The topological polar surface area (TPSA) is 70.5 Å². The van der Waals surface area contributed by atoms with Crippen molar-refractivity contribution in [2.24, 2.45) is 0 Å². The summed E-state index contributed by atoms with van der Waals surface area (Å²) in [4.78, 5) is 29.5. The zero-order valence-corrected chi connectivity index (χ0v) is 11.5. The van der Waals surface area contributed by atoms with Gasteiger partial charge in [-0.15, -0.1) is 0 Å². The number of benzene rings is 1. The van der Waals surface area contributed by atoms with Crippen LogP contribution in [0.5, 0.6) is 0 Å². The van der Waals surface area contributed by atoms with Gasteiger partial charge in [0.2, 0.25) is 0 Å². The van der Waals surface area contributed by atoms with E-state index in [1.165, 1.54) is 0 Å². The summed E-state index contributed by atoms with van der Waals surface area (Å²) in [6.07, 6.45) is 2.38. The zero-order chi connectivity index (χ0) is 15.0. The number of aromatic carboxylic acids is 1. The van der Waals surface area contributed by atoms with Gasteiger partial charge in [0.25, 0.3) is 5.91 Å². The van der Waals surface area contributed by atoms with E-state index in [9.17, 15) is 9.59 Å². The fraction of sp³-hybridized carbons (Fsp3) is 0.188. The maximum Gasteiger partial charge on any atom is 0.335 e. The summed E-state index contributed by atoms with van der Waals surface area (Å²) in [6.45, 7) is 2.35. The van der Waals surface area contributed by atoms with Gasteiger partial charge in [-0.3, -0.25) is 9.78 Å². The minimum absolute atomic E-state index is 0.137. The minimum Gasteiger partial charge on any atom is -0.478 e. The SMILES string of the molecule is Cc1ncccc1C(=O)N1CCc2ccc(C(=O)O)cc21. The number of nitrogens with zero attached hydrogens (tertiary/aromatic N) is 2. The van der Waals surface area contributed by atoms with Gasteiger partial charge in [0.05, 0.1) is 11.1 Å². The lowest BCUT2D eigenvalue weighted by Gasteiger charge is -2.18. The molecule has 0 bridgehead atoms. The predicted octanol–water partition coefficient (Wildman–Crippen LogP) is 2.29. The van der Waals surface area contributed by atoms with Gasteiger partial charge < -0.3 is 10.0 Å². The van der Waals surface area contributed by atoms with E-state index in [1.807, 2.05) is 0 Å². The van der Waals surface area contributed by atoms with E-state index in [0.29, 0.717) is 23.5 Å². The fourth-order valence-electron chi connectivity index (χ4n) is 2.58. The van der Waals surface area contributed by atoms with E-state index < -0.39 is 5.97 Å². The van der Waals surface area contributed by atoms with Gasteiger partial charge in [0, 0.05) is 24.1 Å². The standard InChI is InChI=1S/C16H14N2O3/c1-10-13(3-2-7-17-10)15(19)18-8-6-11-4-5-12(16(20)21)9-14(11)18/h2-5,7,9H,6,8H2,1H3,(H,20,21). The van der Waals surface area contributed by atoms with Crippen LogP contribution in [0.15, 0.2) is 36.5 Å². The molecule has 0 saturated heterocycles. The Labute approximate surface area is 121 Å². The van der Waals surface area contributed by atoms with Gasteiger partial charge in [-0.1, -0.05) is 6.07 Å². The van der Waals surface area contributed by atoms with Crippen molar-refractivity contribution in [2.45, 2.75) is 13.3 Å². The second kappa shape index (κ2) is 5.01. The number of aromatic nitrogens is 1. The van der Waals surface area contributed by atoms with Crippen molar-refractivity contribution in [2.75, 3.05) is 11.4 Å². The van der Waals surface area contributed by atoms with E-state index in [-0.39, 0.29) is 11.5 Å². The predicted molar refractivity (Wildman–Crippen MR) is 77.8 cm³/mol. The zero-order valence-electron chi connectivity index (χ0n) is 11.5. The van der Waals surface area contributed by atoms with Crippen LogP contribution in [0.4, 0.5) is 5.69 Å². The normalized spacial score (nSPS) is 13.1. The summed E-state index contributed by atoms with van der Waals surface area (Å²) in [5.41, 5.74) is 3.09. The summed E-state index contributed by atoms with van der Waals surface area (Å²) >= 11 is 0. The number of carboxylic acid groups (broad SMARTS) is 1. The minimum atomic E-state index is -0.991. The average molecular weight is 282 g/mol. The third kappa shape index (κ3) is 2.27. The van der Waals surface area contributed by atoms with Gasteiger partial charge >= 0.3 is 5.97 Å². The van der Waals surface area contributed by atoms with Crippen LogP contribution in [0.1, 0.15) is 32.0 Å². The molecule has 1 N–H and O–H groups in total. The lowest BCUT2D eigenvalue weighted by atomic mass is 10.1. The third-order valence-electron chi connectivity index (χ3n) is 3.71. The Morgan fingerprint density at radius 2 is 2.10 bits per heavy atom. The molecule has 1 amide bonds. The molecule has 0 saturated carbocycles. The monoisotopic (exact) mass is 282 g/mol. The largest absolute Gasteiger partial charge is 0.478 e. The molecule has 1 aliphatic rings. The summed E-state index contributed by atoms with van der Waals surface area (Å²) in [6, 6.07) is 8.38. The van der Waals surface area contributed by atoms with Crippen molar-refractivity contribution in [3.05, 3.63) is 58.9 Å². The van der Waals surface area contributed by atoms with E-state index in [1.54, 1.807) is 48.4 Å². The summed E-state index contributed by atoms with van der Waals surface area (Å²) in [5.74, 6) is -1.13. The number of amides is 1. The Morgan fingerprint density at radius 1 is 1.29 bits per heavy atom. The van der Waals surface area contributed by atoms with E-state index in [0.717, 1.165) is 12.0 Å². The number of rotatable bonds is 2. The van der Waals surface area contributed by atoms with Crippen LogP contribution in [-0.2, 0) is 6.42 Å². The number of carbonyl (C=O) groups excluding carboxylic acids is 1. The molecule has 1 aromatic carbocycles. The van der Waals surface area contributed by atoms with Crippen molar-refractivity contribution in [1.29, 1.82) is 0 Å². The number of carboxylic acids is 1. The third-order valence-corrected chi connectivity index (χ3v) is 3.71. The first-order valence-electron chi connectivity index (χ1n) is 6.67. The molecule has 0 spiro atoms. The quantitative estimate of drug-likeness (QED) is 0.917. The van der Waals surface area contributed by atoms with Gasteiger partial charge in [-0.05, 0) is 43.2 Å². The molecule has 0 radical (unpaired) electrons. The van der Waals surface area contributed by atoms with Crippen LogP contribution in [-0.4, -0.2) is 28.5 Å². The molecule has 1 aliphatic heterocycles.